The molecule has 0 bridgehead atoms. The highest BCUT2D eigenvalue weighted by Crippen LogP contribution is 2.24. The second kappa shape index (κ2) is 5.78. The van der Waals surface area contributed by atoms with Crippen molar-refractivity contribution in [1.82, 2.24) is 4.90 Å². The van der Waals surface area contributed by atoms with Crippen molar-refractivity contribution in [3.8, 4) is 0 Å². The maximum atomic E-state index is 13.3. The van der Waals surface area contributed by atoms with Crippen LogP contribution < -0.4 is 0 Å². The third kappa shape index (κ3) is 3.07. The van der Waals surface area contributed by atoms with E-state index in [-0.39, 0.29) is 11.9 Å². The van der Waals surface area contributed by atoms with Gasteiger partial charge in [0.25, 0.3) is 0 Å². The molecular formula is C14H20FNO2. The minimum absolute atomic E-state index is 0.278. The van der Waals surface area contributed by atoms with E-state index in [4.69, 9.17) is 4.74 Å². The second-order valence-electron chi connectivity index (χ2n) is 4.81. The summed E-state index contributed by atoms with van der Waals surface area (Å²) in [5.74, 6) is -0.313. The van der Waals surface area contributed by atoms with Crippen LogP contribution in [0.25, 0.3) is 0 Å². The van der Waals surface area contributed by atoms with Crippen LogP contribution in [-0.4, -0.2) is 42.4 Å². The maximum Gasteiger partial charge on any atom is 0.123 e. The normalized spacial score (nSPS) is 23.0. The molecule has 1 saturated heterocycles. The number of halogens is 1. The lowest BCUT2D eigenvalue weighted by Crippen LogP contribution is -2.44. The molecule has 100 valence electrons. The van der Waals surface area contributed by atoms with Crippen molar-refractivity contribution < 1.29 is 14.2 Å². The van der Waals surface area contributed by atoms with Crippen LogP contribution in [0.5, 0.6) is 0 Å². The molecule has 0 spiro atoms. The standard InChI is InChI=1S/C14H20FNO2/c1-3-16-4-5-18-13(9-16)14(17)11-6-10(2)7-12(15)8-11/h6-8,13-14,17H,3-5,9H2,1-2H3. The molecule has 0 amide bonds. The highest BCUT2D eigenvalue weighted by atomic mass is 19.1. The molecule has 1 aromatic carbocycles. The molecule has 0 aliphatic carbocycles. The first-order chi connectivity index (χ1) is 8.60. The van der Waals surface area contributed by atoms with Gasteiger partial charge in [0.1, 0.15) is 18.0 Å². The van der Waals surface area contributed by atoms with Gasteiger partial charge in [-0.15, -0.1) is 0 Å². The lowest BCUT2D eigenvalue weighted by atomic mass is 10.0. The average molecular weight is 253 g/mol. The van der Waals surface area contributed by atoms with E-state index in [0.29, 0.717) is 18.7 Å². The van der Waals surface area contributed by atoms with Crippen molar-refractivity contribution in [3.05, 3.63) is 35.1 Å². The fourth-order valence-electron chi connectivity index (χ4n) is 2.36. The summed E-state index contributed by atoms with van der Waals surface area (Å²) in [6, 6.07) is 4.64. The molecule has 18 heavy (non-hydrogen) atoms. The third-order valence-electron chi connectivity index (χ3n) is 3.38. The molecule has 3 nitrogen and oxygen atoms in total. The fourth-order valence-corrected chi connectivity index (χ4v) is 2.36. The molecule has 2 unspecified atom stereocenters. The van der Waals surface area contributed by atoms with E-state index in [1.165, 1.54) is 12.1 Å². The number of aliphatic hydroxyl groups is 1. The lowest BCUT2D eigenvalue weighted by molar-refractivity contribution is -0.0889. The van der Waals surface area contributed by atoms with Gasteiger partial charge < -0.3 is 9.84 Å². The van der Waals surface area contributed by atoms with Gasteiger partial charge in [-0.05, 0) is 36.7 Å². The zero-order chi connectivity index (χ0) is 13.1. The Balaban J connectivity index is 2.12. The molecule has 1 heterocycles. The van der Waals surface area contributed by atoms with Gasteiger partial charge in [-0.3, -0.25) is 4.90 Å². The Morgan fingerprint density at radius 3 is 2.94 bits per heavy atom. The number of hydrogen-bond acceptors (Lipinski definition) is 3. The van der Waals surface area contributed by atoms with Crippen LogP contribution in [-0.2, 0) is 4.74 Å². The van der Waals surface area contributed by atoms with Gasteiger partial charge in [-0.1, -0.05) is 13.0 Å². The number of likely N-dealkylation sites (N-methyl/N-ethyl adjacent to an activating group) is 1. The highest BCUT2D eigenvalue weighted by molar-refractivity contribution is 5.26. The van der Waals surface area contributed by atoms with Gasteiger partial charge in [0.2, 0.25) is 0 Å². The van der Waals surface area contributed by atoms with Crippen LogP contribution in [0.3, 0.4) is 0 Å². The van der Waals surface area contributed by atoms with Gasteiger partial charge >= 0.3 is 0 Å². The van der Waals surface area contributed by atoms with Gasteiger partial charge in [-0.2, -0.15) is 0 Å². The van der Waals surface area contributed by atoms with Crippen LogP contribution in [0.4, 0.5) is 4.39 Å². The zero-order valence-electron chi connectivity index (χ0n) is 10.9. The van der Waals surface area contributed by atoms with Crippen molar-refractivity contribution in [2.45, 2.75) is 26.1 Å². The molecular weight excluding hydrogens is 233 g/mol. The summed E-state index contributed by atoms with van der Waals surface area (Å²) < 4.78 is 18.9. The molecule has 0 saturated carbocycles. The third-order valence-corrected chi connectivity index (χ3v) is 3.38. The number of hydrogen-bond donors (Lipinski definition) is 1. The van der Waals surface area contributed by atoms with E-state index < -0.39 is 6.10 Å². The summed E-state index contributed by atoms with van der Waals surface area (Å²) in [5, 5.41) is 10.3. The predicted molar refractivity (Wildman–Crippen MR) is 68.0 cm³/mol. The summed E-state index contributed by atoms with van der Waals surface area (Å²) in [6.45, 7) is 7.04. The smallest absolute Gasteiger partial charge is 0.123 e. The quantitative estimate of drug-likeness (QED) is 0.893. The molecule has 4 heteroatoms. The molecule has 1 aliphatic heterocycles. The van der Waals surface area contributed by atoms with Crippen LogP contribution >= 0.6 is 0 Å². The minimum Gasteiger partial charge on any atom is -0.386 e. The molecule has 1 fully saturated rings. The fraction of sp³-hybridized carbons (Fsp3) is 0.571. The van der Waals surface area contributed by atoms with Crippen molar-refractivity contribution in [3.63, 3.8) is 0 Å². The molecule has 1 aliphatic rings. The average Bonchev–Trinajstić information content (AvgIpc) is 2.37. The minimum atomic E-state index is -0.770. The van der Waals surface area contributed by atoms with Gasteiger partial charge in [0.05, 0.1) is 6.61 Å². The summed E-state index contributed by atoms with van der Waals surface area (Å²) >= 11 is 0. The van der Waals surface area contributed by atoms with Crippen molar-refractivity contribution in [2.24, 2.45) is 0 Å². The molecule has 1 aromatic rings. The van der Waals surface area contributed by atoms with Crippen molar-refractivity contribution in [1.29, 1.82) is 0 Å². The van der Waals surface area contributed by atoms with E-state index >= 15 is 0 Å². The Labute approximate surface area is 107 Å². The van der Waals surface area contributed by atoms with Gasteiger partial charge in [0, 0.05) is 13.1 Å². The van der Waals surface area contributed by atoms with E-state index in [0.717, 1.165) is 18.7 Å². The maximum absolute atomic E-state index is 13.3. The first-order valence-corrected chi connectivity index (χ1v) is 6.39. The molecule has 1 N–H and O–H groups in total. The number of nitrogens with zero attached hydrogens (tertiary/aromatic N) is 1. The lowest BCUT2D eigenvalue weighted by Gasteiger charge is -2.34. The number of benzene rings is 1. The second-order valence-corrected chi connectivity index (χ2v) is 4.81. The largest absolute Gasteiger partial charge is 0.386 e. The highest BCUT2D eigenvalue weighted by Gasteiger charge is 2.27. The van der Waals surface area contributed by atoms with Crippen LogP contribution in [0.2, 0.25) is 0 Å². The van der Waals surface area contributed by atoms with Crippen LogP contribution in [0, 0.1) is 12.7 Å². The Bertz CT molecular complexity index is 391. The summed E-state index contributed by atoms with van der Waals surface area (Å²) in [7, 11) is 0. The van der Waals surface area contributed by atoms with Gasteiger partial charge in [0.15, 0.2) is 0 Å². The Morgan fingerprint density at radius 1 is 1.50 bits per heavy atom. The van der Waals surface area contributed by atoms with E-state index in [1.807, 2.05) is 13.0 Å². The number of ether oxygens (including phenoxy) is 1. The van der Waals surface area contributed by atoms with Gasteiger partial charge in [-0.25, -0.2) is 4.39 Å². The van der Waals surface area contributed by atoms with E-state index in [2.05, 4.69) is 11.8 Å². The monoisotopic (exact) mass is 253 g/mol. The molecule has 0 aromatic heterocycles. The Hall–Kier alpha value is -0.970. The summed E-state index contributed by atoms with van der Waals surface area (Å²) in [6.07, 6.45) is -1.05. The Morgan fingerprint density at radius 2 is 2.28 bits per heavy atom. The Kier molecular flexibility index (Phi) is 4.32. The SMILES string of the molecule is CCN1CCOC(C(O)c2cc(C)cc(F)c2)C1. The zero-order valence-corrected chi connectivity index (χ0v) is 10.9. The van der Waals surface area contributed by atoms with E-state index in [9.17, 15) is 9.50 Å². The van der Waals surface area contributed by atoms with Crippen molar-refractivity contribution in [2.75, 3.05) is 26.2 Å². The molecule has 2 rings (SSSR count). The topological polar surface area (TPSA) is 32.7 Å². The summed E-state index contributed by atoms with van der Waals surface area (Å²) in [5.41, 5.74) is 1.41. The predicted octanol–water partition coefficient (Wildman–Crippen LogP) is 1.89. The molecule has 0 radical (unpaired) electrons. The number of rotatable bonds is 3. The first kappa shape index (κ1) is 13.5. The number of aryl methyl sites for hydroxylation is 1. The molecule has 2 atom stereocenters. The van der Waals surface area contributed by atoms with Crippen LogP contribution in [0.1, 0.15) is 24.2 Å². The van der Waals surface area contributed by atoms with E-state index in [1.54, 1.807) is 0 Å². The van der Waals surface area contributed by atoms with Crippen molar-refractivity contribution >= 4 is 0 Å². The number of aliphatic hydroxyl groups excluding tert-OH is 1. The summed E-state index contributed by atoms with van der Waals surface area (Å²) in [4.78, 5) is 2.23. The van der Waals surface area contributed by atoms with Crippen LogP contribution in [0.15, 0.2) is 18.2 Å². The first-order valence-electron chi connectivity index (χ1n) is 6.39. The number of morpholine rings is 1.